The van der Waals surface area contributed by atoms with E-state index in [1.807, 2.05) is 36.7 Å². The number of aromatic amines is 2. The van der Waals surface area contributed by atoms with Crippen LogP contribution >= 0.6 is 0 Å². The third kappa shape index (κ3) is 4.64. The lowest BCUT2D eigenvalue weighted by molar-refractivity contribution is 0.411. The van der Waals surface area contributed by atoms with Crippen LogP contribution in [0.5, 0.6) is 0 Å². The van der Waals surface area contributed by atoms with E-state index in [0.717, 1.165) is 67.8 Å². The van der Waals surface area contributed by atoms with Crippen LogP contribution in [0.3, 0.4) is 0 Å². The van der Waals surface area contributed by atoms with Gasteiger partial charge in [-0.05, 0) is 53.8 Å². The fourth-order valence-electron chi connectivity index (χ4n) is 4.69. The van der Waals surface area contributed by atoms with Crippen molar-refractivity contribution in [3.63, 3.8) is 0 Å². The molecular weight excluding hydrogens is 472 g/mol. The summed E-state index contributed by atoms with van der Waals surface area (Å²) < 4.78 is 0. The molecule has 6 aromatic rings. The van der Waals surface area contributed by atoms with Crippen LogP contribution < -0.4 is 5.32 Å². The van der Waals surface area contributed by atoms with Gasteiger partial charge in [-0.15, -0.1) is 0 Å². The van der Waals surface area contributed by atoms with Crippen molar-refractivity contribution in [2.24, 2.45) is 5.41 Å². The van der Waals surface area contributed by atoms with Gasteiger partial charge < -0.3 is 10.3 Å². The molecule has 0 bridgehead atoms. The molecule has 0 radical (unpaired) electrons. The smallest absolute Gasteiger partial charge is 0.159 e. The third-order valence-electron chi connectivity index (χ3n) is 6.26. The molecule has 5 aromatic heterocycles. The van der Waals surface area contributed by atoms with Crippen LogP contribution in [-0.2, 0) is 0 Å². The van der Waals surface area contributed by atoms with Crippen LogP contribution in [0.2, 0.25) is 0 Å². The molecule has 0 amide bonds. The highest BCUT2D eigenvalue weighted by atomic mass is 15.1. The molecule has 3 N–H and O–H groups in total. The molecule has 8 heteroatoms. The second-order valence-electron chi connectivity index (χ2n) is 10.6. The Balaban J connectivity index is 1.36. The summed E-state index contributed by atoms with van der Waals surface area (Å²) in [5.41, 5.74) is 9.10. The SMILES string of the molecule is C=C(CC(C)(C)C)Nc1cncc(-c2ccc3[nH]nc(-c4nc5c(-c6cccnc6)nccc5[nH]4)c3c2)c1. The van der Waals surface area contributed by atoms with Crippen LogP contribution in [0.15, 0.2) is 85.7 Å². The summed E-state index contributed by atoms with van der Waals surface area (Å²) in [6.07, 6.45) is 9.88. The number of nitrogens with one attached hydrogen (secondary N) is 3. The topological polar surface area (TPSA) is 108 Å². The van der Waals surface area contributed by atoms with E-state index in [4.69, 9.17) is 4.98 Å². The molecule has 6 rings (SSSR count). The van der Waals surface area contributed by atoms with Crippen LogP contribution in [0.1, 0.15) is 27.2 Å². The van der Waals surface area contributed by atoms with Crippen molar-refractivity contribution in [1.82, 2.24) is 35.1 Å². The lowest BCUT2D eigenvalue weighted by Crippen LogP contribution is -2.10. The third-order valence-corrected chi connectivity index (χ3v) is 6.26. The summed E-state index contributed by atoms with van der Waals surface area (Å²) >= 11 is 0. The Labute approximate surface area is 220 Å². The molecule has 0 aliphatic carbocycles. The Bertz CT molecular complexity index is 1770. The van der Waals surface area contributed by atoms with Gasteiger partial charge in [0, 0.05) is 47.0 Å². The number of hydrogen-bond donors (Lipinski definition) is 3. The van der Waals surface area contributed by atoms with Gasteiger partial charge in [-0.1, -0.05) is 33.4 Å². The standard InChI is InChI=1S/C30H28N8/c1-18(14-30(2,3)4)34-22-12-21(16-32-17-22)19-7-8-24-23(13-19)27(38-37-24)29-35-25-9-11-33-26(28(25)36-29)20-6-5-10-31-15-20/h5-13,15-17,34H,1,14H2,2-4H3,(H,35,36)(H,37,38). The molecule has 0 saturated carbocycles. The minimum Gasteiger partial charge on any atom is -0.358 e. The first-order chi connectivity index (χ1) is 18.3. The first-order valence-corrected chi connectivity index (χ1v) is 12.5. The van der Waals surface area contributed by atoms with Crippen LogP contribution in [0.4, 0.5) is 5.69 Å². The van der Waals surface area contributed by atoms with Crippen LogP contribution in [-0.4, -0.2) is 35.1 Å². The van der Waals surface area contributed by atoms with Crippen molar-refractivity contribution in [3.8, 4) is 33.9 Å². The molecule has 0 unspecified atom stereocenters. The van der Waals surface area contributed by atoms with E-state index in [-0.39, 0.29) is 5.41 Å². The Morgan fingerprint density at radius 2 is 1.76 bits per heavy atom. The van der Waals surface area contributed by atoms with E-state index < -0.39 is 0 Å². The van der Waals surface area contributed by atoms with Crippen molar-refractivity contribution < 1.29 is 0 Å². The number of rotatable bonds is 6. The van der Waals surface area contributed by atoms with Crippen molar-refractivity contribution in [1.29, 1.82) is 0 Å². The van der Waals surface area contributed by atoms with Crippen molar-refractivity contribution in [3.05, 3.63) is 85.7 Å². The summed E-state index contributed by atoms with van der Waals surface area (Å²) in [5.74, 6) is 0.675. The Morgan fingerprint density at radius 3 is 2.58 bits per heavy atom. The van der Waals surface area contributed by atoms with Crippen molar-refractivity contribution in [2.75, 3.05) is 5.32 Å². The van der Waals surface area contributed by atoms with Crippen molar-refractivity contribution >= 4 is 27.6 Å². The monoisotopic (exact) mass is 500 g/mol. The number of H-pyrrole nitrogens is 2. The van der Waals surface area contributed by atoms with E-state index in [1.54, 1.807) is 18.6 Å². The predicted octanol–water partition coefficient (Wildman–Crippen LogP) is 6.99. The fraction of sp³-hybridized carbons (Fsp3) is 0.167. The fourth-order valence-corrected chi connectivity index (χ4v) is 4.69. The maximum atomic E-state index is 4.90. The molecule has 0 spiro atoms. The molecule has 0 aliphatic heterocycles. The Kier molecular flexibility index (Phi) is 5.72. The summed E-state index contributed by atoms with van der Waals surface area (Å²) in [5, 5.41) is 12.1. The zero-order valence-corrected chi connectivity index (χ0v) is 21.6. The number of benzene rings is 1. The number of nitrogens with zero attached hydrogens (tertiary/aromatic N) is 5. The first-order valence-electron chi connectivity index (χ1n) is 12.5. The number of aromatic nitrogens is 7. The summed E-state index contributed by atoms with van der Waals surface area (Å²) in [6.45, 7) is 10.8. The van der Waals surface area contributed by atoms with E-state index in [1.165, 1.54) is 0 Å². The van der Waals surface area contributed by atoms with E-state index in [2.05, 4.69) is 81.0 Å². The number of fused-ring (bicyclic) bond motifs is 2. The normalized spacial score (nSPS) is 11.8. The zero-order chi connectivity index (χ0) is 26.3. The minimum atomic E-state index is 0.156. The summed E-state index contributed by atoms with van der Waals surface area (Å²) in [4.78, 5) is 21.6. The largest absolute Gasteiger partial charge is 0.358 e. The molecule has 0 atom stereocenters. The number of hydrogen-bond acceptors (Lipinski definition) is 6. The highest BCUT2D eigenvalue weighted by molar-refractivity contribution is 5.97. The number of anilines is 1. The van der Waals surface area contributed by atoms with Gasteiger partial charge in [0.1, 0.15) is 11.2 Å². The van der Waals surface area contributed by atoms with E-state index >= 15 is 0 Å². The van der Waals surface area contributed by atoms with Gasteiger partial charge in [0.15, 0.2) is 5.82 Å². The quantitative estimate of drug-likeness (QED) is 0.227. The number of imidazole rings is 1. The maximum absolute atomic E-state index is 4.90. The second kappa shape index (κ2) is 9.23. The second-order valence-corrected chi connectivity index (χ2v) is 10.6. The first kappa shape index (κ1) is 23.5. The van der Waals surface area contributed by atoms with Crippen LogP contribution in [0.25, 0.3) is 55.8 Å². The molecule has 1 aromatic carbocycles. The van der Waals surface area contributed by atoms with Crippen LogP contribution in [0, 0.1) is 5.41 Å². The van der Waals surface area contributed by atoms with E-state index in [0.29, 0.717) is 5.82 Å². The number of pyridine rings is 3. The average Bonchev–Trinajstić information content (AvgIpc) is 3.51. The molecule has 0 saturated heterocycles. The molecular formula is C30H28N8. The molecule has 5 heterocycles. The average molecular weight is 501 g/mol. The van der Waals surface area contributed by atoms with Gasteiger partial charge >= 0.3 is 0 Å². The molecule has 0 aliphatic rings. The van der Waals surface area contributed by atoms with Gasteiger partial charge in [-0.3, -0.25) is 20.1 Å². The van der Waals surface area contributed by atoms with E-state index in [9.17, 15) is 0 Å². The minimum absolute atomic E-state index is 0.156. The maximum Gasteiger partial charge on any atom is 0.159 e. The Hall–Kier alpha value is -4.85. The van der Waals surface area contributed by atoms with Gasteiger partial charge in [0.25, 0.3) is 0 Å². The summed E-state index contributed by atoms with van der Waals surface area (Å²) in [6, 6.07) is 14.1. The van der Waals surface area contributed by atoms with Gasteiger partial charge in [0.05, 0.1) is 28.6 Å². The zero-order valence-electron chi connectivity index (χ0n) is 21.6. The van der Waals surface area contributed by atoms with Gasteiger partial charge in [-0.2, -0.15) is 5.10 Å². The van der Waals surface area contributed by atoms with Gasteiger partial charge in [0.2, 0.25) is 0 Å². The molecule has 8 nitrogen and oxygen atoms in total. The highest BCUT2D eigenvalue weighted by Crippen LogP contribution is 2.33. The Morgan fingerprint density at radius 1 is 0.895 bits per heavy atom. The van der Waals surface area contributed by atoms with Crippen molar-refractivity contribution in [2.45, 2.75) is 27.2 Å². The highest BCUT2D eigenvalue weighted by Gasteiger charge is 2.17. The molecule has 188 valence electrons. The lowest BCUT2D eigenvalue weighted by atomic mass is 9.91. The molecule has 38 heavy (non-hydrogen) atoms. The van der Waals surface area contributed by atoms with Gasteiger partial charge in [-0.25, -0.2) is 4.98 Å². The number of allylic oxidation sites excluding steroid dienone is 1. The predicted molar refractivity (Wildman–Crippen MR) is 152 cm³/mol. The lowest BCUT2D eigenvalue weighted by Gasteiger charge is -2.20. The summed E-state index contributed by atoms with van der Waals surface area (Å²) in [7, 11) is 0. The molecule has 0 fully saturated rings.